The van der Waals surface area contributed by atoms with Crippen LogP contribution in [-0.2, 0) is 15.0 Å². The number of ether oxygens (including phenoxy) is 1. The molecular formula is C24H25F4N5O3. The number of nitrogens with one attached hydrogen (secondary N) is 1. The molecule has 5 N–H and O–H groups in total. The van der Waals surface area contributed by atoms with Crippen LogP contribution in [0.3, 0.4) is 0 Å². The average Bonchev–Trinajstić information content (AvgIpc) is 3.14. The minimum Gasteiger partial charge on any atom is -0.489 e. The Morgan fingerprint density at radius 1 is 1.28 bits per heavy atom. The van der Waals surface area contributed by atoms with Gasteiger partial charge < -0.3 is 21.5 Å². The lowest BCUT2D eigenvalue weighted by atomic mass is 9.82. The smallest absolute Gasteiger partial charge is 0.398 e. The van der Waals surface area contributed by atoms with Gasteiger partial charge in [0, 0.05) is 36.6 Å². The number of amides is 2. The van der Waals surface area contributed by atoms with Gasteiger partial charge in [0.05, 0.1) is 11.3 Å². The second-order valence-corrected chi connectivity index (χ2v) is 8.55. The predicted octanol–water partition coefficient (Wildman–Crippen LogP) is 2.72. The van der Waals surface area contributed by atoms with Crippen molar-refractivity contribution >= 4 is 18.0 Å². The van der Waals surface area contributed by atoms with Gasteiger partial charge in [-0.15, -0.1) is 0 Å². The molecule has 1 aliphatic heterocycles. The van der Waals surface area contributed by atoms with Crippen LogP contribution in [0.2, 0.25) is 0 Å². The highest BCUT2D eigenvalue weighted by atomic mass is 19.4. The van der Waals surface area contributed by atoms with Crippen molar-refractivity contribution in [1.29, 1.82) is 0 Å². The maximum Gasteiger partial charge on any atom is 0.398 e. The van der Waals surface area contributed by atoms with E-state index in [1.54, 1.807) is 0 Å². The fourth-order valence-corrected chi connectivity index (χ4v) is 3.74. The zero-order valence-electron chi connectivity index (χ0n) is 19.7. The minimum absolute atomic E-state index is 0.00967. The maximum absolute atomic E-state index is 14.2. The van der Waals surface area contributed by atoms with Crippen LogP contribution in [-0.4, -0.2) is 49.4 Å². The summed E-state index contributed by atoms with van der Waals surface area (Å²) in [4.78, 5) is 32.6. The summed E-state index contributed by atoms with van der Waals surface area (Å²) in [5.74, 6) is -4.38. The summed E-state index contributed by atoms with van der Waals surface area (Å²) >= 11 is 0. The molecule has 0 radical (unpaired) electrons. The Balaban J connectivity index is 2.13. The second kappa shape index (κ2) is 9.96. The number of pyridine rings is 1. The number of rotatable bonds is 7. The second-order valence-electron chi connectivity index (χ2n) is 8.55. The van der Waals surface area contributed by atoms with E-state index in [1.807, 2.05) is 0 Å². The Morgan fingerprint density at radius 3 is 2.44 bits per heavy atom. The van der Waals surface area contributed by atoms with Gasteiger partial charge in [-0.25, -0.2) is 9.37 Å². The van der Waals surface area contributed by atoms with E-state index in [2.05, 4.69) is 15.3 Å². The van der Waals surface area contributed by atoms with Gasteiger partial charge in [0.1, 0.15) is 35.2 Å². The lowest BCUT2D eigenvalue weighted by molar-refractivity contribution is -0.151. The fourth-order valence-electron chi connectivity index (χ4n) is 3.74. The highest BCUT2D eigenvalue weighted by molar-refractivity contribution is 6.12. The number of carbonyl (C=O) groups is 2. The molecule has 12 heteroatoms. The maximum atomic E-state index is 14.2. The molecule has 0 bridgehead atoms. The lowest BCUT2D eigenvalue weighted by Crippen LogP contribution is -2.40. The van der Waals surface area contributed by atoms with Crippen LogP contribution in [0.15, 0.2) is 46.6 Å². The third-order valence-corrected chi connectivity index (χ3v) is 5.90. The number of primary amides is 1. The fraction of sp³-hybridized carbons (Fsp3) is 0.333. The van der Waals surface area contributed by atoms with Crippen molar-refractivity contribution in [3.05, 3.63) is 58.7 Å². The first kappa shape index (κ1) is 26.6. The highest BCUT2D eigenvalue weighted by Gasteiger charge is 2.47. The molecule has 2 amide bonds. The lowest BCUT2D eigenvalue weighted by Gasteiger charge is -2.24. The molecule has 2 atom stereocenters. The van der Waals surface area contributed by atoms with Crippen molar-refractivity contribution in [2.45, 2.75) is 31.4 Å². The number of nitrogens with two attached hydrogens (primary N) is 2. The number of carbonyl (C=O) groups excluding carboxylic acids is 2. The third kappa shape index (κ3) is 5.16. The Labute approximate surface area is 204 Å². The third-order valence-electron chi connectivity index (χ3n) is 5.90. The molecule has 0 fully saturated rings. The molecule has 1 aromatic carbocycles. The Morgan fingerprint density at radius 2 is 1.92 bits per heavy atom. The molecule has 2 heterocycles. The Hall–Kier alpha value is -3.96. The summed E-state index contributed by atoms with van der Waals surface area (Å²) in [5, 5.41) is 2.23. The van der Waals surface area contributed by atoms with Crippen molar-refractivity contribution in [3.8, 4) is 17.0 Å². The molecule has 0 saturated carbocycles. The topological polar surface area (TPSA) is 133 Å². The number of hydrogen-bond acceptors (Lipinski definition) is 6. The van der Waals surface area contributed by atoms with Crippen molar-refractivity contribution < 1.29 is 31.9 Å². The Kier molecular flexibility index (Phi) is 7.37. The van der Waals surface area contributed by atoms with Crippen LogP contribution in [0.4, 0.5) is 17.6 Å². The standard InChI is InChI=1S/C24H25F4N5O3/c1-12(29)15(9-31-3)21(34)32-10-17(24(26,27)28)18-8-16-20(36-11-23(16,2)22(30)35)19(33-18)13-4-6-14(25)7-5-13/h4-9,17H,10-11,29H2,1-3H3,(H2,30,35)(H,32,34)/b15-12+,31-9?/t17?,23-/m0/s1. The first-order chi connectivity index (χ1) is 16.8. The van der Waals surface area contributed by atoms with Crippen LogP contribution in [0.5, 0.6) is 5.75 Å². The van der Waals surface area contributed by atoms with Gasteiger partial charge >= 0.3 is 6.18 Å². The molecule has 2 aromatic rings. The number of hydrogen-bond donors (Lipinski definition) is 3. The number of alkyl halides is 3. The van der Waals surface area contributed by atoms with E-state index in [1.165, 1.54) is 33.0 Å². The van der Waals surface area contributed by atoms with Gasteiger partial charge in [-0.2, -0.15) is 13.2 Å². The van der Waals surface area contributed by atoms with E-state index in [0.29, 0.717) is 0 Å². The van der Waals surface area contributed by atoms with Gasteiger partial charge in [-0.05, 0) is 44.2 Å². The molecule has 1 aromatic heterocycles. The number of aliphatic imine (C=N–C) groups is 1. The summed E-state index contributed by atoms with van der Waals surface area (Å²) in [5.41, 5.74) is 9.69. The molecule has 1 aliphatic rings. The monoisotopic (exact) mass is 507 g/mol. The number of allylic oxidation sites excluding steroid dienone is 1. The predicted molar refractivity (Wildman–Crippen MR) is 125 cm³/mol. The molecule has 0 aliphatic carbocycles. The number of benzene rings is 1. The molecule has 3 rings (SSSR count). The van der Waals surface area contributed by atoms with Crippen LogP contribution < -0.4 is 21.5 Å². The van der Waals surface area contributed by atoms with E-state index >= 15 is 0 Å². The normalized spacial score (nSPS) is 18.9. The average molecular weight is 507 g/mol. The Bertz CT molecular complexity index is 1240. The number of fused-ring (bicyclic) bond motifs is 1. The van der Waals surface area contributed by atoms with Gasteiger partial charge in [0.25, 0.3) is 5.91 Å². The minimum atomic E-state index is -4.84. The van der Waals surface area contributed by atoms with Crippen LogP contribution in [0.25, 0.3) is 11.3 Å². The van der Waals surface area contributed by atoms with E-state index < -0.39 is 47.4 Å². The summed E-state index contributed by atoms with van der Waals surface area (Å²) in [7, 11) is 1.39. The summed E-state index contributed by atoms with van der Waals surface area (Å²) in [6.45, 7) is 1.79. The van der Waals surface area contributed by atoms with E-state index in [9.17, 15) is 27.2 Å². The van der Waals surface area contributed by atoms with Gasteiger partial charge in [0.15, 0.2) is 0 Å². The van der Waals surface area contributed by atoms with E-state index in [-0.39, 0.29) is 40.4 Å². The number of halogens is 4. The first-order valence-corrected chi connectivity index (χ1v) is 10.8. The van der Waals surface area contributed by atoms with Crippen LogP contribution in [0.1, 0.15) is 31.0 Å². The van der Waals surface area contributed by atoms with Crippen molar-refractivity contribution in [2.75, 3.05) is 20.2 Å². The summed E-state index contributed by atoms with van der Waals surface area (Å²) in [6.07, 6.45) is -3.69. The van der Waals surface area contributed by atoms with E-state index in [0.717, 1.165) is 24.4 Å². The molecule has 1 unspecified atom stereocenters. The first-order valence-electron chi connectivity index (χ1n) is 10.8. The molecular weight excluding hydrogens is 482 g/mol. The highest BCUT2D eigenvalue weighted by Crippen LogP contribution is 2.46. The zero-order valence-corrected chi connectivity index (χ0v) is 19.7. The van der Waals surface area contributed by atoms with Gasteiger partial charge in [-0.3, -0.25) is 14.6 Å². The van der Waals surface area contributed by atoms with Crippen LogP contribution in [0, 0.1) is 5.82 Å². The molecule has 192 valence electrons. The van der Waals surface area contributed by atoms with Gasteiger partial charge in [0.2, 0.25) is 5.91 Å². The summed E-state index contributed by atoms with van der Waals surface area (Å²) in [6, 6.07) is 6.03. The zero-order chi connectivity index (χ0) is 26.8. The van der Waals surface area contributed by atoms with E-state index in [4.69, 9.17) is 16.2 Å². The van der Waals surface area contributed by atoms with Crippen LogP contribution >= 0.6 is 0 Å². The molecule has 36 heavy (non-hydrogen) atoms. The van der Waals surface area contributed by atoms with Crippen molar-refractivity contribution in [2.24, 2.45) is 16.5 Å². The van der Waals surface area contributed by atoms with Gasteiger partial charge in [-0.1, -0.05) is 0 Å². The molecule has 8 nitrogen and oxygen atoms in total. The molecule has 0 saturated heterocycles. The quantitative estimate of drug-likeness (QED) is 0.301. The molecule has 0 spiro atoms. The van der Waals surface area contributed by atoms with Crippen molar-refractivity contribution in [1.82, 2.24) is 10.3 Å². The number of aromatic nitrogens is 1. The SMILES string of the molecule is CN=C/C(C(=O)NCC(c1cc2c(c(-c3ccc(F)cc3)n1)OC[C@]2(C)C(N)=O)C(F)(F)F)=C(/C)N. The largest absolute Gasteiger partial charge is 0.489 e. The summed E-state index contributed by atoms with van der Waals surface area (Å²) < 4.78 is 61.8. The number of nitrogens with zero attached hydrogens (tertiary/aromatic N) is 2. The van der Waals surface area contributed by atoms with Crippen molar-refractivity contribution in [3.63, 3.8) is 0 Å².